The molecule has 4 rings (SSSR count). The molecule has 198 valence electrons. The van der Waals surface area contributed by atoms with Crippen molar-refractivity contribution in [2.75, 3.05) is 24.2 Å². The number of aliphatic carboxylic acids is 1. The van der Waals surface area contributed by atoms with E-state index in [1.54, 1.807) is 6.07 Å². The predicted molar refractivity (Wildman–Crippen MR) is 150 cm³/mol. The number of esters is 1. The van der Waals surface area contributed by atoms with E-state index in [0.717, 1.165) is 16.7 Å². The smallest absolute Gasteiger partial charge is 0.340 e. The van der Waals surface area contributed by atoms with Crippen LogP contribution in [0.25, 0.3) is 11.1 Å². The van der Waals surface area contributed by atoms with Gasteiger partial charge in [-0.1, -0.05) is 73.7 Å². The van der Waals surface area contributed by atoms with Crippen molar-refractivity contribution in [2.45, 2.75) is 37.7 Å². The predicted octanol–water partition coefficient (Wildman–Crippen LogP) is 5.62. The number of anilines is 1. The lowest BCUT2D eigenvalue weighted by Gasteiger charge is -2.38. The van der Waals surface area contributed by atoms with Gasteiger partial charge >= 0.3 is 11.9 Å². The lowest BCUT2D eigenvalue weighted by atomic mass is 10.00. The van der Waals surface area contributed by atoms with Crippen LogP contribution in [0.5, 0.6) is 0 Å². The number of ether oxygens (including phenoxy) is 1. The number of carbonyl (C=O) groups is 3. The fourth-order valence-electron chi connectivity index (χ4n) is 4.39. The Morgan fingerprint density at radius 3 is 2.39 bits per heavy atom. The molecule has 2 atom stereocenters. The Balaban J connectivity index is 1.84. The fraction of sp³-hybridized carbons (Fsp3) is 0.300. The van der Waals surface area contributed by atoms with Crippen molar-refractivity contribution in [3.8, 4) is 11.1 Å². The highest BCUT2D eigenvalue weighted by atomic mass is 32.2. The summed E-state index contributed by atoms with van der Waals surface area (Å²) in [6.45, 7) is 3.52. The second-order valence-corrected chi connectivity index (χ2v) is 10.7. The molecule has 1 saturated heterocycles. The highest BCUT2D eigenvalue weighted by molar-refractivity contribution is 8.00. The van der Waals surface area contributed by atoms with Crippen molar-refractivity contribution in [1.82, 2.24) is 4.90 Å². The van der Waals surface area contributed by atoms with Gasteiger partial charge in [0.05, 0.1) is 23.9 Å². The van der Waals surface area contributed by atoms with Crippen LogP contribution in [0.15, 0.2) is 78.9 Å². The van der Waals surface area contributed by atoms with Gasteiger partial charge in [-0.25, -0.2) is 4.79 Å². The highest BCUT2D eigenvalue weighted by Crippen LogP contribution is 2.42. The Bertz CT molecular complexity index is 1280. The third-order valence-corrected chi connectivity index (χ3v) is 7.93. The Hall–Kier alpha value is -3.78. The summed E-state index contributed by atoms with van der Waals surface area (Å²) < 4.78 is 5.69. The monoisotopic (exact) mass is 532 g/mol. The quantitative estimate of drug-likeness (QED) is 0.345. The zero-order chi connectivity index (χ0) is 27.1. The number of amides is 1. The SMILES string of the molecule is CCC(C)OC(=O)c1ccc(-c2ccccc2)cc1NC1(c2ccccc2)CN(CC(=O)O)C(=O)CCS1. The normalized spacial score (nSPS) is 18.4. The molecule has 0 aliphatic carbocycles. The molecule has 0 bridgehead atoms. The molecule has 7 nitrogen and oxygen atoms in total. The zero-order valence-electron chi connectivity index (χ0n) is 21.6. The first-order chi connectivity index (χ1) is 18.3. The second-order valence-electron chi connectivity index (χ2n) is 9.31. The number of nitrogens with one attached hydrogen (secondary N) is 1. The third-order valence-electron chi connectivity index (χ3n) is 6.56. The van der Waals surface area contributed by atoms with Gasteiger partial charge in [-0.05, 0) is 42.2 Å². The first-order valence-corrected chi connectivity index (χ1v) is 13.7. The van der Waals surface area contributed by atoms with Gasteiger partial charge in [-0.15, -0.1) is 11.8 Å². The summed E-state index contributed by atoms with van der Waals surface area (Å²) in [5.41, 5.74) is 3.71. The molecule has 0 saturated carbocycles. The van der Waals surface area contributed by atoms with Crippen molar-refractivity contribution < 1.29 is 24.2 Å². The topological polar surface area (TPSA) is 95.9 Å². The summed E-state index contributed by atoms with van der Waals surface area (Å²) in [5.74, 6) is -1.24. The summed E-state index contributed by atoms with van der Waals surface area (Å²) >= 11 is 1.54. The van der Waals surface area contributed by atoms with Crippen LogP contribution in [-0.2, 0) is 19.2 Å². The molecule has 1 aliphatic rings. The molecular weight excluding hydrogens is 500 g/mol. The van der Waals surface area contributed by atoms with Crippen LogP contribution in [0.4, 0.5) is 5.69 Å². The molecule has 3 aromatic rings. The van der Waals surface area contributed by atoms with Crippen molar-refractivity contribution in [1.29, 1.82) is 0 Å². The van der Waals surface area contributed by atoms with Gasteiger partial charge in [0.25, 0.3) is 0 Å². The molecule has 1 fully saturated rings. The molecule has 2 unspecified atom stereocenters. The van der Waals surface area contributed by atoms with Gasteiger partial charge in [-0.3, -0.25) is 9.59 Å². The van der Waals surface area contributed by atoms with Gasteiger partial charge in [0.2, 0.25) is 5.91 Å². The van der Waals surface area contributed by atoms with Crippen molar-refractivity contribution in [3.63, 3.8) is 0 Å². The molecule has 1 heterocycles. The molecule has 1 amide bonds. The van der Waals surface area contributed by atoms with Gasteiger partial charge in [-0.2, -0.15) is 0 Å². The lowest BCUT2D eigenvalue weighted by molar-refractivity contribution is -0.144. The van der Waals surface area contributed by atoms with Crippen LogP contribution in [0, 0.1) is 0 Å². The van der Waals surface area contributed by atoms with Crippen LogP contribution >= 0.6 is 11.8 Å². The van der Waals surface area contributed by atoms with E-state index in [9.17, 15) is 19.5 Å². The number of carboxylic acids is 1. The van der Waals surface area contributed by atoms with Crippen molar-refractivity contribution >= 4 is 35.3 Å². The average molecular weight is 533 g/mol. The van der Waals surface area contributed by atoms with Crippen LogP contribution in [0.2, 0.25) is 0 Å². The third kappa shape index (κ3) is 6.37. The van der Waals surface area contributed by atoms with Crippen molar-refractivity contribution in [2.24, 2.45) is 0 Å². The molecule has 0 aromatic heterocycles. The number of benzene rings is 3. The summed E-state index contributed by atoms with van der Waals surface area (Å²) in [6, 6.07) is 25.0. The summed E-state index contributed by atoms with van der Waals surface area (Å²) in [7, 11) is 0. The van der Waals surface area contributed by atoms with E-state index >= 15 is 0 Å². The first-order valence-electron chi connectivity index (χ1n) is 12.7. The maximum atomic E-state index is 13.3. The summed E-state index contributed by atoms with van der Waals surface area (Å²) in [5, 5.41) is 13.1. The Morgan fingerprint density at radius 2 is 1.74 bits per heavy atom. The fourth-order valence-corrected chi connectivity index (χ4v) is 5.75. The molecule has 1 aliphatic heterocycles. The molecule has 3 aromatic carbocycles. The van der Waals surface area contributed by atoms with E-state index in [4.69, 9.17) is 4.74 Å². The summed E-state index contributed by atoms with van der Waals surface area (Å²) in [4.78, 5) is 38.2. The van der Waals surface area contributed by atoms with E-state index in [2.05, 4.69) is 5.32 Å². The van der Waals surface area contributed by atoms with Gasteiger partial charge in [0, 0.05) is 12.2 Å². The molecular formula is C30H32N2O5S. The van der Waals surface area contributed by atoms with Crippen LogP contribution in [0.1, 0.15) is 42.6 Å². The van der Waals surface area contributed by atoms with Crippen LogP contribution in [0.3, 0.4) is 0 Å². The zero-order valence-corrected chi connectivity index (χ0v) is 22.4. The van der Waals surface area contributed by atoms with E-state index in [-0.39, 0.29) is 25.0 Å². The maximum absolute atomic E-state index is 13.3. The Labute approximate surface area is 227 Å². The Kier molecular flexibility index (Phi) is 8.73. The Morgan fingerprint density at radius 1 is 1.05 bits per heavy atom. The standard InChI is InChI=1S/C30H32N2O5S/c1-3-21(2)37-29(36)25-15-14-23(22-10-6-4-7-11-22)18-26(25)31-30(24-12-8-5-9-13-24)20-32(19-28(34)35)27(33)16-17-38-30/h4-15,18,21,31H,3,16-17,19-20H2,1-2H3,(H,34,35). The number of carboxylic acid groups (broad SMARTS) is 1. The number of nitrogens with zero attached hydrogens (tertiary/aromatic N) is 1. The van der Waals surface area contributed by atoms with E-state index in [1.165, 1.54) is 16.7 Å². The molecule has 0 spiro atoms. The number of carbonyl (C=O) groups excluding carboxylic acids is 2. The molecule has 2 N–H and O–H groups in total. The lowest BCUT2D eigenvalue weighted by Crippen LogP contribution is -2.46. The highest BCUT2D eigenvalue weighted by Gasteiger charge is 2.40. The minimum absolute atomic E-state index is 0.113. The van der Waals surface area contributed by atoms with E-state index in [1.807, 2.05) is 86.6 Å². The van der Waals surface area contributed by atoms with Crippen LogP contribution < -0.4 is 5.32 Å². The van der Waals surface area contributed by atoms with E-state index in [0.29, 0.717) is 23.4 Å². The van der Waals surface area contributed by atoms with Gasteiger partial charge < -0.3 is 20.1 Å². The number of hydrogen-bond donors (Lipinski definition) is 2. The average Bonchev–Trinajstić information content (AvgIpc) is 3.08. The number of rotatable bonds is 9. The van der Waals surface area contributed by atoms with Gasteiger partial charge in [0.15, 0.2) is 0 Å². The second kappa shape index (κ2) is 12.2. The minimum Gasteiger partial charge on any atom is -0.480 e. The molecule has 38 heavy (non-hydrogen) atoms. The number of thioether (sulfide) groups is 1. The van der Waals surface area contributed by atoms with Gasteiger partial charge in [0.1, 0.15) is 11.4 Å². The largest absolute Gasteiger partial charge is 0.480 e. The minimum atomic E-state index is -1.07. The van der Waals surface area contributed by atoms with E-state index < -0.39 is 23.4 Å². The first kappa shape index (κ1) is 27.3. The number of hydrogen-bond acceptors (Lipinski definition) is 6. The van der Waals surface area contributed by atoms with Crippen LogP contribution in [-0.4, -0.2) is 52.8 Å². The molecule has 8 heteroatoms. The summed E-state index contributed by atoms with van der Waals surface area (Å²) in [6.07, 6.45) is 0.663. The molecule has 0 radical (unpaired) electrons. The van der Waals surface area contributed by atoms with Crippen molar-refractivity contribution in [3.05, 3.63) is 90.0 Å². The maximum Gasteiger partial charge on any atom is 0.340 e.